The Bertz CT molecular complexity index is 688. The molecule has 0 amide bonds. The van der Waals surface area contributed by atoms with Crippen molar-refractivity contribution in [2.75, 3.05) is 0 Å². The fraction of sp³-hybridized carbons (Fsp3) is 0.188. The lowest BCUT2D eigenvalue weighted by Crippen LogP contribution is -2.04. The molecule has 0 aliphatic heterocycles. The average Bonchev–Trinajstić information content (AvgIpc) is 2.41. The summed E-state index contributed by atoms with van der Waals surface area (Å²) in [6.45, 7) is 5.40. The van der Waals surface area contributed by atoms with Gasteiger partial charge in [0.1, 0.15) is 0 Å². The SMILES string of the molecule is Cc1ccc(C(=O)c2cc(C)c(C)c([N+](=O)[O-])c2)cc1. The van der Waals surface area contributed by atoms with Crippen LogP contribution in [0.25, 0.3) is 0 Å². The smallest absolute Gasteiger partial charge is 0.273 e. The summed E-state index contributed by atoms with van der Waals surface area (Å²) in [6, 6.07) is 10.2. The number of carbonyl (C=O) groups excluding carboxylic acids is 1. The zero-order valence-electron chi connectivity index (χ0n) is 11.6. The molecule has 102 valence electrons. The number of nitro benzene ring substituents is 1. The van der Waals surface area contributed by atoms with Crippen LogP contribution in [0.1, 0.15) is 32.6 Å². The van der Waals surface area contributed by atoms with Gasteiger partial charge in [-0.05, 0) is 32.4 Å². The van der Waals surface area contributed by atoms with Crippen LogP contribution in [-0.2, 0) is 0 Å². The van der Waals surface area contributed by atoms with Gasteiger partial charge in [-0.1, -0.05) is 29.8 Å². The first-order chi connectivity index (χ1) is 9.40. The summed E-state index contributed by atoms with van der Waals surface area (Å²) in [5.41, 5.74) is 3.27. The van der Waals surface area contributed by atoms with E-state index >= 15 is 0 Å². The third-order valence-electron chi connectivity index (χ3n) is 3.41. The number of nitrogens with zero attached hydrogens (tertiary/aromatic N) is 1. The Morgan fingerprint density at radius 3 is 2.15 bits per heavy atom. The minimum absolute atomic E-state index is 0.0135. The first kappa shape index (κ1) is 13.9. The molecule has 0 aliphatic rings. The van der Waals surface area contributed by atoms with Crippen molar-refractivity contribution in [1.29, 1.82) is 0 Å². The summed E-state index contributed by atoms with van der Waals surface area (Å²) in [4.78, 5) is 22.9. The number of nitro groups is 1. The topological polar surface area (TPSA) is 60.2 Å². The van der Waals surface area contributed by atoms with Crippen molar-refractivity contribution in [3.8, 4) is 0 Å². The number of hydrogen-bond donors (Lipinski definition) is 0. The third-order valence-corrected chi connectivity index (χ3v) is 3.41. The monoisotopic (exact) mass is 269 g/mol. The Morgan fingerprint density at radius 2 is 1.60 bits per heavy atom. The van der Waals surface area contributed by atoms with Crippen LogP contribution in [0.4, 0.5) is 5.69 Å². The van der Waals surface area contributed by atoms with E-state index in [2.05, 4.69) is 0 Å². The van der Waals surface area contributed by atoms with Gasteiger partial charge in [0.25, 0.3) is 5.69 Å². The summed E-state index contributed by atoms with van der Waals surface area (Å²) in [7, 11) is 0. The minimum atomic E-state index is -0.450. The average molecular weight is 269 g/mol. The van der Waals surface area contributed by atoms with E-state index in [4.69, 9.17) is 0 Å². The number of rotatable bonds is 3. The highest BCUT2D eigenvalue weighted by molar-refractivity contribution is 6.09. The number of hydrogen-bond acceptors (Lipinski definition) is 3. The molecule has 4 heteroatoms. The lowest BCUT2D eigenvalue weighted by Gasteiger charge is -2.06. The minimum Gasteiger partial charge on any atom is -0.289 e. The predicted octanol–water partition coefficient (Wildman–Crippen LogP) is 3.75. The maximum absolute atomic E-state index is 12.4. The van der Waals surface area contributed by atoms with Crippen molar-refractivity contribution in [2.24, 2.45) is 0 Å². The molecular weight excluding hydrogens is 254 g/mol. The predicted molar refractivity (Wildman–Crippen MR) is 77.2 cm³/mol. The van der Waals surface area contributed by atoms with Crippen LogP contribution < -0.4 is 0 Å². The van der Waals surface area contributed by atoms with Crippen molar-refractivity contribution in [1.82, 2.24) is 0 Å². The van der Waals surface area contributed by atoms with Crippen molar-refractivity contribution in [3.63, 3.8) is 0 Å². The second-order valence-corrected chi connectivity index (χ2v) is 4.89. The molecule has 4 nitrogen and oxygen atoms in total. The van der Waals surface area contributed by atoms with Gasteiger partial charge in [-0.25, -0.2) is 0 Å². The van der Waals surface area contributed by atoms with E-state index in [1.807, 2.05) is 19.1 Å². The van der Waals surface area contributed by atoms with E-state index < -0.39 is 4.92 Å². The second kappa shape index (κ2) is 5.25. The fourth-order valence-corrected chi connectivity index (χ4v) is 2.03. The lowest BCUT2D eigenvalue weighted by molar-refractivity contribution is -0.385. The molecule has 0 bridgehead atoms. The second-order valence-electron chi connectivity index (χ2n) is 4.89. The molecule has 0 spiro atoms. The molecule has 0 fully saturated rings. The molecule has 0 N–H and O–H groups in total. The molecule has 2 aromatic rings. The van der Waals surface area contributed by atoms with Gasteiger partial charge in [0.05, 0.1) is 4.92 Å². The maximum Gasteiger partial charge on any atom is 0.273 e. The molecule has 0 unspecified atom stereocenters. The Hall–Kier alpha value is -2.49. The molecule has 0 radical (unpaired) electrons. The highest BCUT2D eigenvalue weighted by Gasteiger charge is 2.18. The van der Waals surface area contributed by atoms with E-state index in [0.717, 1.165) is 11.1 Å². The van der Waals surface area contributed by atoms with Crippen molar-refractivity contribution in [2.45, 2.75) is 20.8 Å². The van der Waals surface area contributed by atoms with E-state index in [-0.39, 0.29) is 11.5 Å². The van der Waals surface area contributed by atoms with Gasteiger partial charge in [-0.2, -0.15) is 0 Å². The molecule has 0 atom stereocenters. The largest absolute Gasteiger partial charge is 0.289 e. The molecule has 0 aliphatic carbocycles. The van der Waals surface area contributed by atoms with Crippen LogP contribution in [0.15, 0.2) is 36.4 Å². The molecule has 0 saturated heterocycles. The van der Waals surface area contributed by atoms with E-state index in [1.54, 1.807) is 32.0 Å². The van der Waals surface area contributed by atoms with Gasteiger partial charge in [-0.3, -0.25) is 14.9 Å². The van der Waals surface area contributed by atoms with Crippen LogP contribution in [0.5, 0.6) is 0 Å². The molecule has 20 heavy (non-hydrogen) atoms. The first-order valence-electron chi connectivity index (χ1n) is 6.27. The van der Waals surface area contributed by atoms with Crippen molar-refractivity contribution in [3.05, 3.63) is 74.3 Å². The highest BCUT2D eigenvalue weighted by Crippen LogP contribution is 2.24. The molecule has 0 saturated carbocycles. The van der Waals surface area contributed by atoms with Crippen molar-refractivity contribution < 1.29 is 9.72 Å². The van der Waals surface area contributed by atoms with Crippen LogP contribution in [-0.4, -0.2) is 10.7 Å². The lowest BCUT2D eigenvalue weighted by atomic mass is 9.97. The Balaban J connectivity index is 2.50. The van der Waals surface area contributed by atoms with Gasteiger partial charge < -0.3 is 0 Å². The van der Waals surface area contributed by atoms with Gasteiger partial charge in [0.2, 0.25) is 0 Å². The number of carbonyl (C=O) groups is 1. The van der Waals surface area contributed by atoms with Crippen LogP contribution in [0.2, 0.25) is 0 Å². The first-order valence-corrected chi connectivity index (χ1v) is 6.27. The Kier molecular flexibility index (Phi) is 3.66. The zero-order valence-corrected chi connectivity index (χ0v) is 11.6. The van der Waals surface area contributed by atoms with E-state index in [0.29, 0.717) is 16.7 Å². The van der Waals surface area contributed by atoms with E-state index in [1.165, 1.54) is 6.07 Å². The number of benzene rings is 2. The standard InChI is InChI=1S/C16H15NO3/c1-10-4-6-13(7-5-10)16(18)14-8-11(2)12(3)15(9-14)17(19)20/h4-9H,1-3H3. The van der Waals surface area contributed by atoms with E-state index in [9.17, 15) is 14.9 Å². The quantitative estimate of drug-likeness (QED) is 0.484. The molecule has 2 aromatic carbocycles. The normalized spacial score (nSPS) is 10.3. The molecule has 0 aromatic heterocycles. The van der Waals surface area contributed by atoms with Gasteiger partial charge in [-0.15, -0.1) is 0 Å². The Labute approximate surface area is 117 Å². The number of ketones is 1. The molecule has 0 heterocycles. The summed E-state index contributed by atoms with van der Waals surface area (Å²) in [5.74, 6) is -0.198. The van der Waals surface area contributed by atoms with Crippen molar-refractivity contribution >= 4 is 11.5 Å². The number of aryl methyl sites for hydroxylation is 2. The van der Waals surface area contributed by atoms with Crippen LogP contribution >= 0.6 is 0 Å². The summed E-state index contributed by atoms with van der Waals surface area (Å²) >= 11 is 0. The van der Waals surface area contributed by atoms with Crippen LogP contribution in [0, 0.1) is 30.9 Å². The summed E-state index contributed by atoms with van der Waals surface area (Å²) < 4.78 is 0. The van der Waals surface area contributed by atoms with Gasteiger partial charge in [0.15, 0.2) is 5.78 Å². The third kappa shape index (κ3) is 2.59. The summed E-state index contributed by atoms with van der Waals surface area (Å²) in [6.07, 6.45) is 0. The Morgan fingerprint density at radius 1 is 1.00 bits per heavy atom. The molecular formula is C16H15NO3. The summed E-state index contributed by atoms with van der Waals surface area (Å²) in [5, 5.41) is 11.0. The highest BCUT2D eigenvalue weighted by atomic mass is 16.6. The maximum atomic E-state index is 12.4. The fourth-order valence-electron chi connectivity index (χ4n) is 2.03. The van der Waals surface area contributed by atoms with Crippen LogP contribution in [0.3, 0.4) is 0 Å². The van der Waals surface area contributed by atoms with Gasteiger partial charge >= 0.3 is 0 Å². The van der Waals surface area contributed by atoms with Gasteiger partial charge in [0, 0.05) is 22.8 Å². The zero-order chi connectivity index (χ0) is 14.9. The molecule has 2 rings (SSSR count).